The highest BCUT2D eigenvalue weighted by Crippen LogP contribution is 2.23. The van der Waals surface area contributed by atoms with E-state index in [1.807, 2.05) is 50.2 Å². The fourth-order valence-corrected chi connectivity index (χ4v) is 2.87. The van der Waals surface area contributed by atoms with Gasteiger partial charge in [-0.25, -0.2) is 14.5 Å². The molecule has 0 fully saturated rings. The highest BCUT2D eigenvalue weighted by Gasteiger charge is 2.20. The zero-order valence-electron chi connectivity index (χ0n) is 16.2. The topological polar surface area (TPSA) is 95.9 Å². The third kappa shape index (κ3) is 3.91. The van der Waals surface area contributed by atoms with Gasteiger partial charge in [0, 0.05) is 17.5 Å². The van der Waals surface area contributed by atoms with E-state index in [-0.39, 0.29) is 5.89 Å². The lowest BCUT2D eigenvalue weighted by Crippen LogP contribution is -2.11. The molecule has 0 bridgehead atoms. The van der Waals surface area contributed by atoms with Gasteiger partial charge >= 0.3 is 5.97 Å². The Kier molecular flexibility index (Phi) is 4.90. The van der Waals surface area contributed by atoms with Crippen molar-refractivity contribution in [3.63, 3.8) is 0 Å². The van der Waals surface area contributed by atoms with Crippen molar-refractivity contribution in [3.8, 4) is 17.3 Å². The van der Waals surface area contributed by atoms with E-state index in [1.165, 1.54) is 6.20 Å². The van der Waals surface area contributed by atoms with Gasteiger partial charge in [0.1, 0.15) is 0 Å². The zero-order chi connectivity index (χ0) is 20.4. The molecule has 29 heavy (non-hydrogen) atoms. The average molecular weight is 389 g/mol. The van der Waals surface area contributed by atoms with Crippen molar-refractivity contribution in [3.05, 3.63) is 77.6 Å². The lowest BCUT2D eigenvalue weighted by atomic mass is 10.2. The summed E-state index contributed by atoms with van der Waals surface area (Å²) in [5.41, 5.74) is 2.99. The maximum Gasteiger partial charge on any atom is 0.340 e. The van der Waals surface area contributed by atoms with Crippen molar-refractivity contribution < 1.29 is 13.9 Å². The molecule has 0 aliphatic carbocycles. The quantitative estimate of drug-likeness (QED) is 0.478. The van der Waals surface area contributed by atoms with Crippen LogP contribution in [0, 0.1) is 13.8 Å². The smallest absolute Gasteiger partial charge is 0.340 e. The number of nitrogens with zero attached hydrogens (tertiary/aromatic N) is 5. The average Bonchev–Trinajstić information content (AvgIpc) is 3.35. The largest absolute Gasteiger partial charge is 0.449 e. The minimum atomic E-state index is -0.692. The Labute approximate surface area is 167 Å². The minimum absolute atomic E-state index is 0.226. The molecule has 0 spiro atoms. The standard InChI is InChI=1S/C21H19N5O3/c1-13-11-14(2)26(25-13)18-10-9-17(12-22-18)21(27)28-15(3)19-23-24-20(29-19)16-7-5-4-6-8-16/h4-12,15H,1-3H3. The van der Waals surface area contributed by atoms with Gasteiger partial charge < -0.3 is 9.15 Å². The lowest BCUT2D eigenvalue weighted by Gasteiger charge is -2.10. The van der Waals surface area contributed by atoms with Crippen LogP contribution in [0.4, 0.5) is 0 Å². The van der Waals surface area contributed by atoms with Crippen LogP contribution in [0.1, 0.15) is 40.7 Å². The van der Waals surface area contributed by atoms with Crippen molar-refractivity contribution in [1.29, 1.82) is 0 Å². The molecule has 1 unspecified atom stereocenters. The number of hydrogen-bond acceptors (Lipinski definition) is 7. The molecule has 8 nitrogen and oxygen atoms in total. The number of benzene rings is 1. The highest BCUT2D eigenvalue weighted by molar-refractivity contribution is 5.89. The molecule has 1 atom stereocenters. The molecule has 4 rings (SSSR count). The van der Waals surface area contributed by atoms with Gasteiger partial charge in [0.25, 0.3) is 5.89 Å². The van der Waals surface area contributed by atoms with Crippen LogP contribution >= 0.6 is 0 Å². The summed E-state index contributed by atoms with van der Waals surface area (Å²) in [5, 5.41) is 12.4. The zero-order valence-corrected chi connectivity index (χ0v) is 16.2. The Balaban J connectivity index is 1.45. The van der Waals surface area contributed by atoms with Crippen LogP contribution in [0.2, 0.25) is 0 Å². The normalized spacial score (nSPS) is 12.0. The molecule has 0 saturated carbocycles. The Morgan fingerprint density at radius 1 is 1.10 bits per heavy atom. The summed E-state index contributed by atoms with van der Waals surface area (Å²) in [6.07, 6.45) is 0.771. The van der Waals surface area contributed by atoms with Crippen LogP contribution < -0.4 is 0 Å². The molecule has 3 aromatic heterocycles. The molecule has 8 heteroatoms. The molecule has 4 aromatic rings. The molecule has 0 radical (unpaired) electrons. The Bertz CT molecular complexity index is 1130. The number of carbonyl (C=O) groups is 1. The van der Waals surface area contributed by atoms with Crippen LogP contribution in [0.15, 0.2) is 59.1 Å². The molecule has 1 aromatic carbocycles. The molecule has 3 heterocycles. The first-order valence-electron chi connectivity index (χ1n) is 9.11. The highest BCUT2D eigenvalue weighted by atomic mass is 16.6. The van der Waals surface area contributed by atoms with Crippen molar-refractivity contribution in [2.24, 2.45) is 0 Å². The van der Waals surface area contributed by atoms with Crippen LogP contribution in [-0.4, -0.2) is 30.9 Å². The molecule has 0 saturated heterocycles. The second-order valence-corrected chi connectivity index (χ2v) is 6.60. The van der Waals surface area contributed by atoms with Gasteiger partial charge in [-0.1, -0.05) is 18.2 Å². The molecular weight excluding hydrogens is 370 g/mol. The molecule has 0 amide bonds. The molecular formula is C21H19N5O3. The second kappa shape index (κ2) is 7.67. The van der Waals surface area contributed by atoms with E-state index in [1.54, 1.807) is 23.7 Å². The number of carbonyl (C=O) groups excluding carboxylic acids is 1. The van der Waals surface area contributed by atoms with Crippen molar-refractivity contribution in [1.82, 2.24) is 25.0 Å². The fourth-order valence-electron chi connectivity index (χ4n) is 2.87. The van der Waals surface area contributed by atoms with Gasteiger partial charge in [-0.2, -0.15) is 5.10 Å². The second-order valence-electron chi connectivity index (χ2n) is 6.60. The summed E-state index contributed by atoms with van der Waals surface area (Å²) in [6.45, 7) is 5.54. The Morgan fingerprint density at radius 3 is 2.55 bits per heavy atom. The SMILES string of the molecule is Cc1cc(C)n(-c2ccc(C(=O)OC(C)c3nnc(-c4ccccc4)o3)cn2)n1. The van der Waals surface area contributed by atoms with Gasteiger partial charge in [-0.3, -0.25) is 0 Å². The first kappa shape index (κ1) is 18.5. The Hall–Kier alpha value is -3.81. The van der Waals surface area contributed by atoms with Gasteiger partial charge in [-0.05, 0) is 51.1 Å². The minimum Gasteiger partial charge on any atom is -0.449 e. The van der Waals surface area contributed by atoms with Crippen molar-refractivity contribution in [2.75, 3.05) is 0 Å². The maximum absolute atomic E-state index is 12.4. The monoisotopic (exact) mass is 389 g/mol. The third-order valence-corrected chi connectivity index (χ3v) is 4.30. The van der Waals surface area contributed by atoms with Crippen LogP contribution in [0.25, 0.3) is 17.3 Å². The van der Waals surface area contributed by atoms with Gasteiger partial charge in [0.2, 0.25) is 5.89 Å². The van der Waals surface area contributed by atoms with E-state index in [0.717, 1.165) is 17.0 Å². The number of ether oxygens (including phenoxy) is 1. The number of pyridine rings is 1. The fraction of sp³-hybridized carbons (Fsp3) is 0.190. The predicted molar refractivity (Wildman–Crippen MR) is 104 cm³/mol. The Morgan fingerprint density at radius 2 is 1.90 bits per heavy atom. The van der Waals surface area contributed by atoms with Crippen LogP contribution in [0.3, 0.4) is 0 Å². The number of hydrogen-bond donors (Lipinski definition) is 0. The van der Waals surface area contributed by atoms with Gasteiger partial charge in [0.15, 0.2) is 11.9 Å². The summed E-state index contributed by atoms with van der Waals surface area (Å²) in [6, 6.07) is 14.7. The third-order valence-electron chi connectivity index (χ3n) is 4.30. The number of rotatable bonds is 5. The van der Waals surface area contributed by atoms with Gasteiger partial charge in [-0.15, -0.1) is 10.2 Å². The first-order valence-corrected chi connectivity index (χ1v) is 9.11. The molecule has 146 valence electrons. The predicted octanol–water partition coefficient (Wildman–Crippen LogP) is 3.85. The number of aryl methyl sites for hydroxylation is 2. The van der Waals surface area contributed by atoms with Gasteiger partial charge in [0.05, 0.1) is 11.3 Å². The first-order chi connectivity index (χ1) is 14.0. The molecule has 0 aliphatic heterocycles. The summed E-state index contributed by atoms with van der Waals surface area (Å²) in [4.78, 5) is 16.8. The molecule has 0 aliphatic rings. The van der Waals surface area contributed by atoms with Crippen molar-refractivity contribution >= 4 is 5.97 Å². The van der Waals surface area contributed by atoms with E-state index < -0.39 is 12.1 Å². The summed E-state index contributed by atoms with van der Waals surface area (Å²) in [7, 11) is 0. The lowest BCUT2D eigenvalue weighted by molar-refractivity contribution is 0.0279. The van der Waals surface area contributed by atoms with Crippen molar-refractivity contribution in [2.45, 2.75) is 26.9 Å². The van der Waals surface area contributed by atoms with E-state index in [9.17, 15) is 4.79 Å². The van der Waals surface area contributed by atoms with E-state index in [0.29, 0.717) is 17.3 Å². The number of esters is 1. The van der Waals surface area contributed by atoms with E-state index in [4.69, 9.17) is 9.15 Å². The summed E-state index contributed by atoms with van der Waals surface area (Å²) >= 11 is 0. The summed E-state index contributed by atoms with van der Waals surface area (Å²) in [5.74, 6) is 0.706. The number of aromatic nitrogens is 5. The molecule has 0 N–H and O–H groups in total. The van der Waals surface area contributed by atoms with Crippen LogP contribution in [-0.2, 0) is 4.74 Å². The van der Waals surface area contributed by atoms with E-state index in [2.05, 4.69) is 20.3 Å². The summed E-state index contributed by atoms with van der Waals surface area (Å²) < 4.78 is 12.8. The van der Waals surface area contributed by atoms with E-state index >= 15 is 0 Å². The maximum atomic E-state index is 12.4. The van der Waals surface area contributed by atoms with Crippen LogP contribution in [0.5, 0.6) is 0 Å².